The van der Waals surface area contributed by atoms with Crippen LogP contribution in [0.4, 0.5) is 4.79 Å². The van der Waals surface area contributed by atoms with Gasteiger partial charge in [0, 0.05) is 23.7 Å². The second-order valence-electron chi connectivity index (χ2n) is 6.28. The standard InChI is InChI=1S/C15H26N4O2/c1-11-12(9-17-19-11)5-4-8-16-14(21)18-13-6-3-7-15(13,2)10-20/h9,13,20H,3-8,10H2,1-2H3,(H,17,19)(H2,16,18,21). The summed E-state index contributed by atoms with van der Waals surface area (Å²) in [5, 5.41) is 22.3. The Kier molecular flexibility index (Phi) is 5.22. The minimum Gasteiger partial charge on any atom is -0.396 e. The Morgan fingerprint density at radius 2 is 2.43 bits per heavy atom. The highest BCUT2D eigenvalue weighted by molar-refractivity contribution is 5.74. The Balaban J connectivity index is 1.67. The maximum Gasteiger partial charge on any atom is 0.315 e. The molecule has 4 N–H and O–H groups in total. The molecule has 2 atom stereocenters. The summed E-state index contributed by atoms with van der Waals surface area (Å²) < 4.78 is 0. The monoisotopic (exact) mass is 294 g/mol. The van der Waals surface area contributed by atoms with Crippen LogP contribution in [0.3, 0.4) is 0 Å². The van der Waals surface area contributed by atoms with Crippen molar-refractivity contribution in [2.45, 2.75) is 52.0 Å². The van der Waals surface area contributed by atoms with Crippen LogP contribution in [0.2, 0.25) is 0 Å². The molecule has 1 aromatic rings. The van der Waals surface area contributed by atoms with E-state index >= 15 is 0 Å². The summed E-state index contributed by atoms with van der Waals surface area (Å²) in [5.41, 5.74) is 2.11. The Labute approximate surface area is 125 Å². The van der Waals surface area contributed by atoms with Crippen molar-refractivity contribution in [1.82, 2.24) is 20.8 Å². The predicted molar refractivity (Wildman–Crippen MR) is 81.0 cm³/mol. The van der Waals surface area contributed by atoms with Crippen molar-refractivity contribution < 1.29 is 9.90 Å². The number of amides is 2. The van der Waals surface area contributed by atoms with Gasteiger partial charge in [0.25, 0.3) is 0 Å². The average Bonchev–Trinajstić information content (AvgIpc) is 3.03. The van der Waals surface area contributed by atoms with Crippen molar-refractivity contribution in [1.29, 1.82) is 0 Å². The number of nitrogens with one attached hydrogen (secondary N) is 3. The van der Waals surface area contributed by atoms with Crippen molar-refractivity contribution in [3.63, 3.8) is 0 Å². The van der Waals surface area contributed by atoms with E-state index in [1.807, 2.05) is 20.0 Å². The van der Waals surface area contributed by atoms with Gasteiger partial charge in [0.05, 0.1) is 12.8 Å². The first-order chi connectivity index (χ1) is 10.0. The van der Waals surface area contributed by atoms with Crippen molar-refractivity contribution in [2.75, 3.05) is 13.2 Å². The van der Waals surface area contributed by atoms with Crippen molar-refractivity contribution >= 4 is 6.03 Å². The van der Waals surface area contributed by atoms with Crippen molar-refractivity contribution in [2.24, 2.45) is 5.41 Å². The van der Waals surface area contributed by atoms with Crippen LogP contribution in [0, 0.1) is 12.3 Å². The van der Waals surface area contributed by atoms with E-state index in [1.165, 1.54) is 5.56 Å². The number of aliphatic hydroxyl groups excluding tert-OH is 1. The zero-order valence-electron chi connectivity index (χ0n) is 12.9. The van der Waals surface area contributed by atoms with E-state index in [1.54, 1.807) is 0 Å². The summed E-state index contributed by atoms with van der Waals surface area (Å²) in [5.74, 6) is 0. The lowest BCUT2D eigenvalue weighted by Crippen LogP contribution is -2.48. The topological polar surface area (TPSA) is 90.0 Å². The number of urea groups is 1. The van der Waals surface area contributed by atoms with Crippen LogP contribution in [0.25, 0.3) is 0 Å². The van der Waals surface area contributed by atoms with Crippen molar-refractivity contribution in [3.8, 4) is 0 Å². The van der Waals surface area contributed by atoms with Gasteiger partial charge in [-0.05, 0) is 38.2 Å². The molecule has 21 heavy (non-hydrogen) atoms. The molecule has 1 fully saturated rings. The molecule has 0 radical (unpaired) electrons. The van der Waals surface area contributed by atoms with E-state index in [0.717, 1.165) is 37.8 Å². The van der Waals surface area contributed by atoms with Crippen LogP contribution in [-0.4, -0.2) is 40.5 Å². The van der Waals surface area contributed by atoms with Gasteiger partial charge in [-0.1, -0.05) is 13.3 Å². The number of H-pyrrole nitrogens is 1. The molecule has 118 valence electrons. The minimum absolute atomic E-state index is 0.0682. The molecule has 1 aromatic heterocycles. The number of rotatable bonds is 6. The van der Waals surface area contributed by atoms with E-state index in [-0.39, 0.29) is 24.1 Å². The molecular weight excluding hydrogens is 268 g/mol. The van der Waals surface area contributed by atoms with Crippen LogP contribution in [0.1, 0.15) is 43.9 Å². The number of carbonyl (C=O) groups excluding carboxylic acids is 1. The highest BCUT2D eigenvalue weighted by Gasteiger charge is 2.38. The second kappa shape index (κ2) is 6.93. The molecule has 2 rings (SSSR count). The van der Waals surface area contributed by atoms with Crippen LogP contribution >= 0.6 is 0 Å². The normalized spacial score (nSPS) is 25.0. The number of aryl methyl sites for hydroxylation is 2. The summed E-state index contributed by atoms with van der Waals surface area (Å²) in [6, 6.07) is -0.0656. The number of aromatic nitrogens is 2. The Hall–Kier alpha value is -1.56. The number of nitrogens with zero attached hydrogens (tertiary/aromatic N) is 1. The molecule has 6 heteroatoms. The Morgan fingerprint density at radius 1 is 1.62 bits per heavy atom. The molecule has 0 aromatic carbocycles. The summed E-state index contributed by atoms with van der Waals surface area (Å²) in [7, 11) is 0. The lowest BCUT2D eigenvalue weighted by molar-refractivity contribution is 0.121. The van der Waals surface area contributed by atoms with E-state index in [0.29, 0.717) is 6.54 Å². The molecule has 1 aliphatic carbocycles. The van der Waals surface area contributed by atoms with Crippen LogP contribution < -0.4 is 10.6 Å². The van der Waals surface area contributed by atoms with Crippen LogP contribution in [0.5, 0.6) is 0 Å². The molecule has 1 heterocycles. The van der Waals surface area contributed by atoms with Gasteiger partial charge < -0.3 is 15.7 Å². The summed E-state index contributed by atoms with van der Waals surface area (Å²) in [6.45, 7) is 4.79. The zero-order chi connectivity index (χ0) is 15.3. The van der Waals surface area contributed by atoms with Crippen molar-refractivity contribution in [3.05, 3.63) is 17.5 Å². The Bertz CT molecular complexity index is 474. The van der Waals surface area contributed by atoms with Gasteiger partial charge in [0.1, 0.15) is 0 Å². The molecule has 6 nitrogen and oxygen atoms in total. The van der Waals surface area contributed by atoms with Gasteiger partial charge in [0.15, 0.2) is 0 Å². The second-order valence-corrected chi connectivity index (χ2v) is 6.28. The molecular formula is C15H26N4O2. The maximum absolute atomic E-state index is 11.9. The van der Waals surface area contributed by atoms with Gasteiger partial charge in [-0.15, -0.1) is 0 Å². The smallest absolute Gasteiger partial charge is 0.315 e. The van der Waals surface area contributed by atoms with Gasteiger partial charge in [-0.25, -0.2) is 4.79 Å². The molecule has 0 spiro atoms. The highest BCUT2D eigenvalue weighted by Crippen LogP contribution is 2.37. The third-order valence-electron chi connectivity index (χ3n) is 4.59. The quantitative estimate of drug-likeness (QED) is 0.599. The first-order valence-corrected chi connectivity index (χ1v) is 7.69. The number of hydrogen-bond donors (Lipinski definition) is 4. The minimum atomic E-state index is -0.175. The number of carbonyl (C=O) groups is 1. The zero-order valence-corrected chi connectivity index (χ0v) is 12.9. The first-order valence-electron chi connectivity index (χ1n) is 7.69. The lowest BCUT2D eigenvalue weighted by Gasteiger charge is -2.30. The fraction of sp³-hybridized carbons (Fsp3) is 0.733. The molecule has 0 bridgehead atoms. The fourth-order valence-corrected chi connectivity index (χ4v) is 2.99. The SMILES string of the molecule is Cc1[nH]ncc1CCCNC(=O)NC1CCCC1(C)CO. The largest absolute Gasteiger partial charge is 0.396 e. The van der Waals surface area contributed by atoms with E-state index in [4.69, 9.17) is 0 Å². The third-order valence-corrected chi connectivity index (χ3v) is 4.59. The van der Waals surface area contributed by atoms with Gasteiger partial charge in [0.2, 0.25) is 0 Å². The highest BCUT2D eigenvalue weighted by atomic mass is 16.3. The maximum atomic E-state index is 11.9. The van der Waals surface area contributed by atoms with E-state index in [9.17, 15) is 9.90 Å². The fourth-order valence-electron chi connectivity index (χ4n) is 2.99. The lowest BCUT2D eigenvalue weighted by atomic mass is 9.86. The third kappa shape index (κ3) is 3.97. The van der Waals surface area contributed by atoms with E-state index < -0.39 is 0 Å². The van der Waals surface area contributed by atoms with Gasteiger partial charge >= 0.3 is 6.03 Å². The average molecular weight is 294 g/mol. The number of hydrogen-bond acceptors (Lipinski definition) is 3. The van der Waals surface area contributed by atoms with Crippen LogP contribution in [-0.2, 0) is 6.42 Å². The molecule has 0 aliphatic heterocycles. The van der Waals surface area contributed by atoms with Gasteiger partial charge in [-0.3, -0.25) is 5.10 Å². The Morgan fingerprint density at radius 3 is 3.10 bits per heavy atom. The number of aliphatic hydroxyl groups is 1. The summed E-state index contributed by atoms with van der Waals surface area (Å²) in [6.07, 6.45) is 6.59. The van der Waals surface area contributed by atoms with Crippen LogP contribution in [0.15, 0.2) is 6.20 Å². The molecule has 1 saturated carbocycles. The summed E-state index contributed by atoms with van der Waals surface area (Å²) >= 11 is 0. The molecule has 1 aliphatic rings. The molecule has 0 saturated heterocycles. The first kappa shape index (κ1) is 15.8. The van der Waals surface area contributed by atoms with Gasteiger partial charge in [-0.2, -0.15) is 5.10 Å². The molecule has 2 unspecified atom stereocenters. The number of aromatic amines is 1. The van der Waals surface area contributed by atoms with E-state index in [2.05, 4.69) is 20.8 Å². The summed E-state index contributed by atoms with van der Waals surface area (Å²) in [4.78, 5) is 11.9. The molecule has 2 amide bonds. The predicted octanol–water partition coefficient (Wildman–Crippen LogP) is 1.50.